The van der Waals surface area contributed by atoms with Gasteiger partial charge in [-0.05, 0) is 12.5 Å². The van der Waals surface area contributed by atoms with E-state index in [4.69, 9.17) is 0 Å². The highest BCUT2D eigenvalue weighted by atomic mass is 32.2. The molecule has 2 heterocycles. The van der Waals surface area contributed by atoms with Crippen molar-refractivity contribution < 1.29 is 15.0 Å². The zero-order chi connectivity index (χ0) is 16.4. The van der Waals surface area contributed by atoms with Gasteiger partial charge in [-0.1, -0.05) is 30.3 Å². The molecule has 1 aromatic heterocycles. The van der Waals surface area contributed by atoms with E-state index in [1.165, 1.54) is 0 Å². The molecule has 1 aliphatic rings. The van der Waals surface area contributed by atoms with Crippen LogP contribution in [0.2, 0.25) is 0 Å². The first-order valence-electron chi connectivity index (χ1n) is 7.35. The minimum atomic E-state index is -0.221. The maximum atomic E-state index is 12.3. The molecule has 3 rings (SSSR count). The first-order valence-corrected chi connectivity index (χ1v) is 8.40. The molecule has 23 heavy (non-hydrogen) atoms. The minimum Gasteiger partial charge on any atom is -0.506 e. The van der Waals surface area contributed by atoms with Gasteiger partial charge in [0.15, 0.2) is 0 Å². The maximum Gasteiger partial charge on any atom is 0.234 e. The summed E-state index contributed by atoms with van der Waals surface area (Å²) in [4.78, 5) is 18.1. The van der Waals surface area contributed by atoms with E-state index in [9.17, 15) is 15.0 Å². The average Bonchev–Trinajstić information content (AvgIpc) is 2.94. The number of thioether (sulfide) groups is 1. The number of carbonyl (C=O) groups is 1. The van der Waals surface area contributed by atoms with E-state index in [0.717, 1.165) is 5.56 Å². The van der Waals surface area contributed by atoms with Gasteiger partial charge in [0.2, 0.25) is 5.91 Å². The van der Waals surface area contributed by atoms with Crippen LogP contribution in [-0.4, -0.2) is 31.8 Å². The Kier molecular flexibility index (Phi) is 4.54. The Balaban J connectivity index is 1.95. The van der Waals surface area contributed by atoms with Gasteiger partial charge in [-0.3, -0.25) is 9.78 Å². The van der Waals surface area contributed by atoms with Gasteiger partial charge in [0.05, 0.1) is 24.6 Å². The number of benzene rings is 1. The van der Waals surface area contributed by atoms with Crippen molar-refractivity contribution in [1.82, 2.24) is 9.88 Å². The molecule has 120 valence electrons. The molecule has 1 aliphatic heterocycles. The monoisotopic (exact) mass is 330 g/mol. The third kappa shape index (κ3) is 3.04. The average molecular weight is 330 g/mol. The van der Waals surface area contributed by atoms with Crippen molar-refractivity contribution in [1.29, 1.82) is 0 Å². The lowest BCUT2D eigenvalue weighted by molar-refractivity contribution is -0.128. The summed E-state index contributed by atoms with van der Waals surface area (Å²) >= 11 is 1.57. The van der Waals surface area contributed by atoms with Crippen LogP contribution < -0.4 is 0 Å². The van der Waals surface area contributed by atoms with Gasteiger partial charge in [-0.15, -0.1) is 11.8 Å². The van der Waals surface area contributed by atoms with Crippen molar-refractivity contribution in [3.05, 3.63) is 58.9 Å². The van der Waals surface area contributed by atoms with Crippen molar-refractivity contribution in [2.75, 3.05) is 5.75 Å². The van der Waals surface area contributed by atoms with Crippen LogP contribution in [0.4, 0.5) is 0 Å². The topological polar surface area (TPSA) is 73.7 Å². The Labute approximate surface area is 139 Å². The second-order valence-electron chi connectivity index (χ2n) is 5.45. The number of aryl methyl sites for hydroxylation is 1. The van der Waals surface area contributed by atoms with Crippen LogP contribution in [0.5, 0.6) is 5.75 Å². The van der Waals surface area contributed by atoms with Crippen LogP contribution in [0, 0.1) is 6.92 Å². The molecule has 0 saturated carbocycles. The first-order chi connectivity index (χ1) is 11.1. The molecule has 0 aliphatic carbocycles. The van der Waals surface area contributed by atoms with Crippen LogP contribution in [0.1, 0.15) is 27.8 Å². The van der Waals surface area contributed by atoms with Crippen molar-refractivity contribution in [3.63, 3.8) is 0 Å². The lowest BCUT2D eigenvalue weighted by Crippen LogP contribution is -2.28. The number of hydrogen-bond donors (Lipinski definition) is 2. The molecule has 0 radical (unpaired) electrons. The summed E-state index contributed by atoms with van der Waals surface area (Å²) in [6.07, 6.45) is 1.55. The van der Waals surface area contributed by atoms with E-state index in [2.05, 4.69) is 4.98 Å². The van der Waals surface area contributed by atoms with Crippen LogP contribution in [0.15, 0.2) is 36.5 Å². The smallest absolute Gasteiger partial charge is 0.234 e. The molecule has 0 spiro atoms. The van der Waals surface area contributed by atoms with E-state index in [0.29, 0.717) is 22.6 Å². The quantitative estimate of drug-likeness (QED) is 0.900. The first kappa shape index (κ1) is 15.8. The van der Waals surface area contributed by atoms with E-state index in [1.807, 2.05) is 30.3 Å². The zero-order valence-electron chi connectivity index (χ0n) is 12.8. The number of carbonyl (C=O) groups excluding carboxylic acids is 1. The third-order valence-electron chi connectivity index (χ3n) is 3.98. The molecule has 1 saturated heterocycles. The fourth-order valence-corrected chi connectivity index (χ4v) is 3.87. The zero-order valence-corrected chi connectivity index (χ0v) is 13.6. The van der Waals surface area contributed by atoms with E-state index < -0.39 is 0 Å². The predicted octanol–water partition coefficient (Wildman–Crippen LogP) is 2.36. The lowest BCUT2D eigenvalue weighted by Gasteiger charge is -2.25. The normalized spacial score (nSPS) is 17.7. The summed E-state index contributed by atoms with van der Waals surface area (Å²) < 4.78 is 0. The molecule has 1 amide bonds. The van der Waals surface area contributed by atoms with Crippen molar-refractivity contribution in [2.45, 2.75) is 25.4 Å². The van der Waals surface area contributed by atoms with Gasteiger partial charge in [0.1, 0.15) is 11.1 Å². The number of aromatic nitrogens is 1. The molecule has 2 N–H and O–H groups in total. The van der Waals surface area contributed by atoms with Gasteiger partial charge < -0.3 is 15.1 Å². The third-order valence-corrected chi connectivity index (χ3v) is 5.24. The summed E-state index contributed by atoms with van der Waals surface area (Å²) in [6.45, 7) is 1.74. The molecule has 1 atom stereocenters. The minimum absolute atomic E-state index is 0.0293. The van der Waals surface area contributed by atoms with Gasteiger partial charge >= 0.3 is 0 Å². The number of aliphatic hydroxyl groups excluding tert-OH is 1. The van der Waals surface area contributed by atoms with Crippen molar-refractivity contribution in [2.24, 2.45) is 0 Å². The maximum absolute atomic E-state index is 12.3. The van der Waals surface area contributed by atoms with Crippen LogP contribution in [0.25, 0.3) is 0 Å². The second kappa shape index (κ2) is 6.60. The molecule has 6 heteroatoms. The lowest BCUT2D eigenvalue weighted by atomic mass is 10.1. The SMILES string of the molecule is Cc1ncc(CO)c(CN2C(=O)CSC2c2ccccc2)c1O. The fraction of sp³-hybridized carbons (Fsp3) is 0.294. The fourth-order valence-electron chi connectivity index (χ4n) is 2.69. The second-order valence-corrected chi connectivity index (χ2v) is 6.52. The Morgan fingerprint density at radius 1 is 1.35 bits per heavy atom. The van der Waals surface area contributed by atoms with Crippen LogP contribution in [-0.2, 0) is 17.9 Å². The number of nitrogens with zero attached hydrogens (tertiary/aromatic N) is 2. The highest BCUT2D eigenvalue weighted by molar-refractivity contribution is 8.00. The molecular formula is C17H18N2O3S. The Bertz CT molecular complexity index is 721. The summed E-state index contributed by atoms with van der Waals surface area (Å²) in [5.41, 5.74) is 2.66. The summed E-state index contributed by atoms with van der Waals surface area (Å²) in [7, 11) is 0. The van der Waals surface area contributed by atoms with Gasteiger partial charge in [-0.2, -0.15) is 0 Å². The number of aliphatic hydroxyl groups is 1. The van der Waals surface area contributed by atoms with Gasteiger partial charge in [0, 0.05) is 17.3 Å². The molecular weight excluding hydrogens is 312 g/mol. The van der Waals surface area contributed by atoms with Crippen LogP contribution >= 0.6 is 11.8 Å². The van der Waals surface area contributed by atoms with Crippen LogP contribution in [0.3, 0.4) is 0 Å². The summed E-state index contributed by atoms with van der Waals surface area (Å²) in [6, 6.07) is 9.83. The Morgan fingerprint density at radius 2 is 2.09 bits per heavy atom. The number of hydrogen-bond acceptors (Lipinski definition) is 5. The van der Waals surface area contributed by atoms with E-state index >= 15 is 0 Å². The van der Waals surface area contributed by atoms with Gasteiger partial charge in [-0.25, -0.2) is 0 Å². The molecule has 5 nitrogen and oxygen atoms in total. The molecule has 0 bridgehead atoms. The highest BCUT2D eigenvalue weighted by Crippen LogP contribution is 2.40. The van der Waals surface area contributed by atoms with Crippen molar-refractivity contribution >= 4 is 17.7 Å². The molecule has 1 aromatic carbocycles. The Morgan fingerprint density at radius 3 is 2.78 bits per heavy atom. The Hall–Kier alpha value is -2.05. The predicted molar refractivity (Wildman–Crippen MR) is 88.8 cm³/mol. The van der Waals surface area contributed by atoms with Crippen molar-refractivity contribution in [3.8, 4) is 5.75 Å². The standard InChI is InChI=1S/C17H18N2O3S/c1-11-16(22)14(13(9-20)7-18-11)8-19-15(21)10-23-17(19)12-5-3-2-4-6-12/h2-7,17,20,22H,8-10H2,1H3. The van der Waals surface area contributed by atoms with E-state index in [1.54, 1.807) is 29.8 Å². The molecule has 1 fully saturated rings. The summed E-state index contributed by atoms with van der Waals surface area (Å²) in [5.74, 6) is 0.494. The number of amides is 1. The molecule has 1 unspecified atom stereocenters. The number of aromatic hydroxyl groups is 1. The number of pyridine rings is 1. The highest BCUT2D eigenvalue weighted by Gasteiger charge is 2.33. The number of rotatable bonds is 4. The largest absolute Gasteiger partial charge is 0.506 e. The van der Waals surface area contributed by atoms with E-state index in [-0.39, 0.29) is 30.2 Å². The summed E-state index contributed by atoms with van der Waals surface area (Å²) in [5, 5.41) is 19.7. The van der Waals surface area contributed by atoms with Gasteiger partial charge in [0.25, 0.3) is 0 Å². The molecule has 2 aromatic rings.